The van der Waals surface area contributed by atoms with Crippen LogP contribution in [-0.4, -0.2) is 26.0 Å². The van der Waals surface area contributed by atoms with Crippen LogP contribution in [0.25, 0.3) is 11.1 Å². The molecule has 0 aromatic heterocycles. The molecule has 2 N–H and O–H groups in total. The number of ether oxygens (including phenoxy) is 3. The van der Waals surface area contributed by atoms with E-state index >= 15 is 0 Å². The van der Waals surface area contributed by atoms with Crippen LogP contribution in [0.15, 0.2) is 42.5 Å². The van der Waals surface area contributed by atoms with Crippen LogP contribution in [0.1, 0.15) is 24.9 Å². The predicted molar refractivity (Wildman–Crippen MR) is 93.3 cm³/mol. The van der Waals surface area contributed by atoms with Crippen molar-refractivity contribution < 1.29 is 32.2 Å². The summed E-state index contributed by atoms with van der Waals surface area (Å²) in [6.07, 6.45) is -4.74. The van der Waals surface area contributed by atoms with Crippen LogP contribution in [0.5, 0.6) is 11.5 Å². The second kappa shape index (κ2) is 8.77. The van der Waals surface area contributed by atoms with Crippen LogP contribution >= 0.6 is 0 Å². The van der Waals surface area contributed by atoms with E-state index in [0.717, 1.165) is 0 Å². The van der Waals surface area contributed by atoms with Gasteiger partial charge in [-0.2, -0.15) is 0 Å². The maximum atomic E-state index is 12.3. The molecule has 0 saturated heterocycles. The van der Waals surface area contributed by atoms with E-state index in [-0.39, 0.29) is 18.8 Å². The number of alkyl halides is 3. The van der Waals surface area contributed by atoms with Crippen LogP contribution in [-0.2, 0) is 9.53 Å². The Hall–Kier alpha value is -2.74. The molecule has 0 saturated carbocycles. The zero-order valence-electron chi connectivity index (χ0n) is 14.9. The van der Waals surface area contributed by atoms with Crippen molar-refractivity contribution in [3.63, 3.8) is 0 Å². The molecular formula is C19H20F3NO4. The van der Waals surface area contributed by atoms with E-state index in [2.05, 4.69) is 4.74 Å². The Morgan fingerprint density at radius 2 is 1.81 bits per heavy atom. The van der Waals surface area contributed by atoms with Gasteiger partial charge < -0.3 is 19.9 Å². The highest BCUT2D eigenvalue weighted by atomic mass is 19.4. The molecule has 0 fully saturated rings. The van der Waals surface area contributed by atoms with Crippen molar-refractivity contribution in [2.24, 2.45) is 5.73 Å². The highest BCUT2D eigenvalue weighted by Crippen LogP contribution is 2.34. The first-order valence-corrected chi connectivity index (χ1v) is 8.18. The summed E-state index contributed by atoms with van der Waals surface area (Å²) in [5.41, 5.74) is 8.00. The molecule has 0 heterocycles. The summed E-state index contributed by atoms with van der Waals surface area (Å²) in [7, 11) is 1.48. The number of hydrogen-bond acceptors (Lipinski definition) is 5. The first kappa shape index (κ1) is 20.6. The summed E-state index contributed by atoms with van der Waals surface area (Å²) in [4.78, 5) is 11.6. The van der Waals surface area contributed by atoms with Gasteiger partial charge in [-0.1, -0.05) is 18.2 Å². The number of methoxy groups -OCH3 is 1. The van der Waals surface area contributed by atoms with E-state index in [4.69, 9.17) is 15.2 Å². The van der Waals surface area contributed by atoms with Gasteiger partial charge in [-0.05, 0) is 42.3 Å². The van der Waals surface area contributed by atoms with Gasteiger partial charge in [-0.15, -0.1) is 13.2 Å². The first-order chi connectivity index (χ1) is 12.7. The quantitative estimate of drug-likeness (QED) is 0.725. The van der Waals surface area contributed by atoms with Crippen molar-refractivity contribution in [3.05, 3.63) is 48.0 Å². The molecule has 27 heavy (non-hydrogen) atoms. The second-order valence-corrected chi connectivity index (χ2v) is 5.65. The van der Waals surface area contributed by atoms with Crippen LogP contribution in [0.2, 0.25) is 0 Å². The van der Waals surface area contributed by atoms with Gasteiger partial charge in [-0.3, -0.25) is 4.79 Å². The summed E-state index contributed by atoms with van der Waals surface area (Å²) in [6.45, 7) is 1.98. The molecular weight excluding hydrogens is 363 g/mol. The van der Waals surface area contributed by atoms with Crippen LogP contribution in [0, 0.1) is 0 Å². The maximum absolute atomic E-state index is 12.3. The lowest BCUT2D eigenvalue weighted by Crippen LogP contribution is -2.17. The van der Waals surface area contributed by atoms with Crippen molar-refractivity contribution in [2.45, 2.75) is 25.7 Å². The number of esters is 1. The number of benzene rings is 2. The third kappa shape index (κ3) is 5.89. The Kier molecular flexibility index (Phi) is 6.68. The van der Waals surface area contributed by atoms with Gasteiger partial charge in [0.1, 0.15) is 11.5 Å². The Morgan fingerprint density at radius 3 is 2.37 bits per heavy atom. The van der Waals surface area contributed by atoms with Crippen molar-refractivity contribution in [1.82, 2.24) is 0 Å². The molecule has 1 atom stereocenters. The molecule has 0 aliphatic carbocycles. The fourth-order valence-corrected chi connectivity index (χ4v) is 2.54. The average Bonchev–Trinajstić information content (AvgIpc) is 2.60. The highest BCUT2D eigenvalue weighted by Gasteiger charge is 2.31. The number of carbonyl (C=O) groups excluding carboxylic acids is 1. The Morgan fingerprint density at radius 1 is 1.15 bits per heavy atom. The zero-order chi connectivity index (χ0) is 20.0. The molecule has 1 unspecified atom stereocenters. The van der Waals surface area contributed by atoms with Crippen molar-refractivity contribution in [1.29, 1.82) is 0 Å². The van der Waals surface area contributed by atoms with Gasteiger partial charge >= 0.3 is 12.3 Å². The molecule has 2 aromatic carbocycles. The molecule has 0 amide bonds. The van der Waals surface area contributed by atoms with Crippen LogP contribution in [0.4, 0.5) is 13.2 Å². The van der Waals surface area contributed by atoms with Crippen molar-refractivity contribution >= 4 is 5.97 Å². The summed E-state index contributed by atoms with van der Waals surface area (Å²) in [5, 5.41) is 0. The lowest BCUT2D eigenvalue weighted by molar-refractivity contribution is -0.274. The maximum Gasteiger partial charge on any atom is 0.573 e. The Balaban J connectivity index is 2.28. The normalized spacial score (nSPS) is 12.4. The van der Waals surface area contributed by atoms with Gasteiger partial charge in [0.2, 0.25) is 0 Å². The number of halogens is 3. The monoisotopic (exact) mass is 383 g/mol. The zero-order valence-corrected chi connectivity index (χ0v) is 14.9. The largest absolute Gasteiger partial charge is 0.573 e. The minimum Gasteiger partial charge on any atom is -0.496 e. The van der Waals surface area contributed by atoms with E-state index in [1.165, 1.54) is 31.4 Å². The van der Waals surface area contributed by atoms with Gasteiger partial charge in [0.15, 0.2) is 0 Å². The topological polar surface area (TPSA) is 70.8 Å². The summed E-state index contributed by atoms with van der Waals surface area (Å²) in [6, 6.07) is 9.98. The standard InChI is InChI=1S/C19H20F3NO4/c1-3-26-18(24)11-16(23)13-6-9-17(25-2)15(10-13)12-4-7-14(8-5-12)27-19(20,21)22/h4-10,16H,3,11,23H2,1-2H3. The molecule has 0 bridgehead atoms. The number of hydrogen-bond donors (Lipinski definition) is 1. The van der Waals surface area contributed by atoms with E-state index in [1.54, 1.807) is 25.1 Å². The molecule has 0 aliphatic heterocycles. The van der Waals surface area contributed by atoms with Crippen LogP contribution in [0.3, 0.4) is 0 Å². The molecule has 0 aliphatic rings. The number of nitrogens with two attached hydrogens (primary N) is 1. The number of carbonyl (C=O) groups is 1. The fraction of sp³-hybridized carbons (Fsp3) is 0.316. The summed E-state index contributed by atoms with van der Waals surface area (Å²) < 4.78 is 51.0. The molecule has 0 radical (unpaired) electrons. The fourth-order valence-electron chi connectivity index (χ4n) is 2.54. The highest BCUT2D eigenvalue weighted by molar-refractivity contribution is 5.73. The van der Waals surface area contributed by atoms with E-state index in [9.17, 15) is 18.0 Å². The third-order valence-electron chi connectivity index (χ3n) is 3.74. The molecule has 146 valence electrons. The third-order valence-corrected chi connectivity index (χ3v) is 3.74. The summed E-state index contributed by atoms with van der Waals surface area (Å²) >= 11 is 0. The summed E-state index contributed by atoms with van der Waals surface area (Å²) in [5.74, 6) is -0.206. The first-order valence-electron chi connectivity index (χ1n) is 8.18. The molecule has 8 heteroatoms. The molecule has 2 rings (SSSR count). The Bertz CT molecular complexity index is 776. The SMILES string of the molecule is CCOC(=O)CC(N)c1ccc(OC)c(-c2ccc(OC(F)(F)F)cc2)c1. The average molecular weight is 383 g/mol. The lowest BCUT2D eigenvalue weighted by atomic mass is 9.97. The number of rotatable bonds is 7. The molecule has 2 aromatic rings. The van der Waals surface area contributed by atoms with Crippen molar-refractivity contribution in [2.75, 3.05) is 13.7 Å². The van der Waals surface area contributed by atoms with Gasteiger partial charge in [0.05, 0.1) is 20.1 Å². The smallest absolute Gasteiger partial charge is 0.496 e. The van der Waals surface area contributed by atoms with E-state index in [0.29, 0.717) is 22.4 Å². The van der Waals surface area contributed by atoms with E-state index < -0.39 is 18.4 Å². The van der Waals surface area contributed by atoms with Gasteiger partial charge in [0, 0.05) is 11.6 Å². The van der Waals surface area contributed by atoms with Crippen molar-refractivity contribution in [3.8, 4) is 22.6 Å². The predicted octanol–water partition coefficient (Wildman–Crippen LogP) is 4.21. The van der Waals surface area contributed by atoms with Gasteiger partial charge in [-0.25, -0.2) is 0 Å². The van der Waals surface area contributed by atoms with Gasteiger partial charge in [0.25, 0.3) is 0 Å². The lowest BCUT2D eigenvalue weighted by Gasteiger charge is -2.16. The van der Waals surface area contributed by atoms with E-state index in [1.807, 2.05) is 0 Å². The minimum atomic E-state index is -4.75. The molecule has 0 spiro atoms. The molecule has 5 nitrogen and oxygen atoms in total. The van der Waals surface area contributed by atoms with Crippen LogP contribution < -0.4 is 15.2 Å². The minimum absolute atomic E-state index is 0.0119. The Labute approximate surface area is 154 Å². The second-order valence-electron chi connectivity index (χ2n) is 5.65.